The van der Waals surface area contributed by atoms with Crippen LogP contribution in [0.2, 0.25) is 0 Å². The third-order valence-electron chi connectivity index (χ3n) is 5.12. The average molecular weight is 442 g/mol. The molecule has 0 unspecified atom stereocenters. The number of amides is 1. The molecule has 0 spiro atoms. The van der Waals surface area contributed by atoms with Gasteiger partial charge in [0.25, 0.3) is 5.56 Å². The van der Waals surface area contributed by atoms with Crippen LogP contribution in [0, 0.1) is 0 Å². The van der Waals surface area contributed by atoms with E-state index in [1.165, 1.54) is 21.9 Å². The second kappa shape index (κ2) is 8.84. The zero-order valence-electron chi connectivity index (χ0n) is 17.2. The van der Waals surface area contributed by atoms with Gasteiger partial charge in [0, 0.05) is 13.1 Å². The van der Waals surface area contributed by atoms with Gasteiger partial charge in [-0.15, -0.1) is 0 Å². The van der Waals surface area contributed by atoms with E-state index < -0.39 is 5.56 Å². The summed E-state index contributed by atoms with van der Waals surface area (Å²) in [7, 11) is 0. The van der Waals surface area contributed by atoms with Crippen LogP contribution in [0.25, 0.3) is 11.0 Å². The molecule has 2 aliphatic rings. The molecule has 162 valence electrons. The van der Waals surface area contributed by atoms with Crippen molar-refractivity contribution in [3.05, 3.63) is 50.5 Å². The molecule has 10 heteroatoms. The smallest absolute Gasteiger partial charge is 0.283 e. The van der Waals surface area contributed by atoms with E-state index in [9.17, 15) is 14.4 Å². The molecule has 1 fully saturated rings. The molecule has 1 saturated heterocycles. The highest BCUT2D eigenvalue weighted by Gasteiger charge is 2.20. The Morgan fingerprint density at radius 2 is 2.03 bits per heavy atom. The molecule has 3 heterocycles. The molecule has 2 N–H and O–H groups in total. The van der Waals surface area contributed by atoms with Crippen molar-refractivity contribution in [3.63, 3.8) is 0 Å². The number of fused-ring (bicyclic) bond motifs is 1. The second-order valence-electron chi connectivity index (χ2n) is 7.31. The van der Waals surface area contributed by atoms with E-state index in [2.05, 4.69) is 10.1 Å². The number of anilines is 1. The average Bonchev–Trinajstić information content (AvgIpc) is 3.16. The summed E-state index contributed by atoms with van der Waals surface area (Å²) in [6.45, 7) is 3.68. The number of nitrogens with zero attached hydrogens (tertiary/aromatic N) is 4. The molecule has 0 aromatic carbocycles. The summed E-state index contributed by atoms with van der Waals surface area (Å²) in [5.74, 6) is 0.121. The van der Waals surface area contributed by atoms with Crippen LogP contribution < -0.4 is 11.3 Å². The number of ether oxygens (including phenoxy) is 1. The van der Waals surface area contributed by atoms with Gasteiger partial charge in [0.2, 0.25) is 16.7 Å². The maximum absolute atomic E-state index is 12.6. The highest BCUT2D eigenvalue weighted by atomic mass is 32.1. The van der Waals surface area contributed by atoms with Gasteiger partial charge in [0.05, 0.1) is 18.6 Å². The number of nitrogens with two attached hydrogens (primary N) is 1. The van der Waals surface area contributed by atoms with E-state index in [4.69, 9.17) is 10.5 Å². The zero-order chi connectivity index (χ0) is 22.0. The lowest BCUT2D eigenvalue weighted by Crippen LogP contribution is -2.36. The summed E-state index contributed by atoms with van der Waals surface area (Å²) in [6.07, 6.45) is 9.42. The largest absolute Gasteiger partial charge is 0.490 e. The van der Waals surface area contributed by atoms with Crippen LogP contribution in [0.5, 0.6) is 0 Å². The fraction of sp³-hybridized carbons (Fsp3) is 0.381. The molecular formula is C21H23N5O4S. The highest BCUT2D eigenvalue weighted by molar-refractivity contribution is 7.16. The van der Waals surface area contributed by atoms with E-state index in [0.29, 0.717) is 22.1 Å². The van der Waals surface area contributed by atoms with Crippen LogP contribution in [0.1, 0.15) is 36.8 Å². The first-order valence-corrected chi connectivity index (χ1v) is 11.0. The van der Waals surface area contributed by atoms with Crippen molar-refractivity contribution < 1.29 is 14.3 Å². The lowest BCUT2D eigenvalue weighted by atomic mass is 10.0. The monoisotopic (exact) mass is 441 g/mol. The van der Waals surface area contributed by atoms with Crippen LogP contribution in [0.15, 0.2) is 34.4 Å². The predicted molar refractivity (Wildman–Crippen MR) is 118 cm³/mol. The number of ketones is 1. The molecule has 31 heavy (non-hydrogen) atoms. The fourth-order valence-corrected chi connectivity index (χ4v) is 4.45. The van der Waals surface area contributed by atoms with E-state index in [1.807, 2.05) is 4.90 Å². The van der Waals surface area contributed by atoms with Crippen LogP contribution in [-0.2, 0) is 20.7 Å². The first-order chi connectivity index (χ1) is 15.0. The SMILES string of the molecule is CCOC1=C/C(=C\c2c(N)n3nc(CC(=O)N4CCCCC4)sc3nc2=O)C=CC1=O. The first kappa shape index (κ1) is 21.0. The Morgan fingerprint density at radius 1 is 1.26 bits per heavy atom. The number of hydrogen-bond donors (Lipinski definition) is 1. The Morgan fingerprint density at radius 3 is 2.77 bits per heavy atom. The molecule has 2 aromatic heterocycles. The molecule has 2 aromatic rings. The standard InChI is InChI=1S/C21H23N5O4S/c1-2-30-16-11-13(6-7-15(16)27)10-14-19(22)26-21(23-20(14)29)31-17(24-26)12-18(28)25-8-4-3-5-9-25/h6-7,10-11H,2-5,8-9,12,22H2,1H3/b13-10-. The van der Waals surface area contributed by atoms with Crippen molar-refractivity contribution in [1.29, 1.82) is 0 Å². The fourth-order valence-electron chi connectivity index (χ4n) is 3.56. The molecule has 0 saturated carbocycles. The summed E-state index contributed by atoms with van der Waals surface area (Å²) in [5.41, 5.74) is 6.48. The number of nitrogen functional groups attached to an aromatic ring is 1. The third kappa shape index (κ3) is 4.43. The Labute approximate surface area is 182 Å². The van der Waals surface area contributed by atoms with Crippen molar-refractivity contribution in [1.82, 2.24) is 19.5 Å². The maximum Gasteiger partial charge on any atom is 0.283 e. The number of allylic oxidation sites excluding steroid dienone is 4. The van der Waals surface area contributed by atoms with Crippen LogP contribution in [0.3, 0.4) is 0 Å². The molecule has 1 amide bonds. The molecule has 4 rings (SSSR count). The van der Waals surface area contributed by atoms with Gasteiger partial charge in [-0.25, -0.2) is 0 Å². The van der Waals surface area contributed by atoms with E-state index in [0.717, 1.165) is 32.4 Å². The predicted octanol–water partition coefficient (Wildman–Crippen LogP) is 1.73. The van der Waals surface area contributed by atoms with E-state index >= 15 is 0 Å². The van der Waals surface area contributed by atoms with Gasteiger partial charge >= 0.3 is 0 Å². The molecule has 9 nitrogen and oxygen atoms in total. The number of aromatic nitrogens is 3. The first-order valence-electron chi connectivity index (χ1n) is 10.2. The summed E-state index contributed by atoms with van der Waals surface area (Å²) in [4.78, 5) is 43.3. The highest BCUT2D eigenvalue weighted by Crippen LogP contribution is 2.22. The molecule has 0 radical (unpaired) electrons. The molecule has 0 atom stereocenters. The third-order valence-corrected chi connectivity index (χ3v) is 6.03. The van der Waals surface area contributed by atoms with Crippen molar-refractivity contribution in [2.24, 2.45) is 0 Å². The zero-order valence-corrected chi connectivity index (χ0v) is 18.0. The van der Waals surface area contributed by atoms with Crippen LogP contribution in [0.4, 0.5) is 5.82 Å². The van der Waals surface area contributed by atoms with Gasteiger partial charge < -0.3 is 15.4 Å². The quantitative estimate of drug-likeness (QED) is 0.750. The Bertz CT molecular complexity index is 1180. The van der Waals surface area contributed by atoms with Gasteiger partial charge in [-0.3, -0.25) is 14.4 Å². The van der Waals surface area contributed by atoms with Gasteiger partial charge in [-0.1, -0.05) is 17.4 Å². The van der Waals surface area contributed by atoms with Crippen LogP contribution in [-0.4, -0.2) is 50.9 Å². The summed E-state index contributed by atoms with van der Waals surface area (Å²) >= 11 is 1.18. The minimum absolute atomic E-state index is 0.0215. The van der Waals surface area contributed by atoms with E-state index in [1.54, 1.807) is 25.2 Å². The van der Waals surface area contributed by atoms with Crippen LogP contribution >= 0.6 is 11.3 Å². The van der Waals surface area contributed by atoms with Crippen molar-refractivity contribution >= 4 is 39.9 Å². The molecular weight excluding hydrogens is 418 g/mol. The normalized spacial score (nSPS) is 18.0. The van der Waals surface area contributed by atoms with Gasteiger partial charge in [0.15, 0.2) is 5.76 Å². The lowest BCUT2D eigenvalue weighted by molar-refractivity contribution is -0.131. The van der Waals surface area contributed by atoms with Gasteiger partial charge in [-0.05, 0) is 50.0 Å². The van der Waals surface area contributed by atoms with Gasteiger partial charge in [-0.2, -0.15) is 14.6 Å². The number of piperidine rings is 1. The Kier molecular flexibility index (Phi) is 5.99. The van der Waals surface area contributed by atoms with Crippen molar-refractivity contribution in [2.45, 2.75) is 32.6 Å². The Hall–Kier alpha value is -3.27. The molecule has 1 aliphatic carbocycles. The van der Waals surface area contributed by atoms with Crippen molar-refractivity contribution in [2.75, 3.05) is 25.4 Å². The van der Waals surface area contributed by atoms with Crippen molar-refractivity contribution in [3.8, 4) is 0 Å². The topological polar surface area (TPSA) is 120 Å². The maximum atomic E-state index is 12.6. The number of carbonyl (C=O) groups is 2. The Balaban J connectivity index is 1.64. The summed E-state index contributed by atoms with van der Waals surface area (Å²) < 4.78 is 6.72. The summed E-state index contributed by atoms with van der Waals surface area (Å²) in [6, 6.07) is 0. The second-order valence-corrected chi connectivity index (χ2v) is 8.35. The minimum atomic E-state index is -0.501. The lowest BCUT2D eigenvalue weighted by Gasteiger charge is -2.26. The minimum Gasteiger partial charge on any atom is -0.490 e. The molecule has 0 bridgehead atoms. The van der Waals surface area contributed by atoms with Gasteiger partial charge in [0.1, 0.15) is 10.8 Å². The van der Waals surface area contributed by atoms with E-state index in [-0.39, 0.29) is 35.3 Å². The number of rotatable bonds is 5. The number of carbonyl (C=O) groups excluding carboxylic acids is 2. The number of hydrogen-bond acceptors (Lipinski definition) is 8. The number of likely N-dealkylation sites (tertiary alicyclic amines) is 1. The molecule has 1 aliphatic heterocycles. The summed E-state index contributed by atoms with van der Waals surface area (Å²) in [5, 5.41) is 4.97.